The normalized spacial score (nSPS) is 11.7. The van der Waals surface area contributed by atoms with E-state index in [9.17, 15) is 13.2 Å². The zero-order chi connectivity index (χ0) is 11.3. The van der Waals surface area contributed by atoms with Gasteiger partial charge in [0.05, 0.1) is 0 Å². The van der Waals surface area contributed by atoms with E-state index in [1.54, 1.807) is 12.1 Å². The van der Waals surface area contributed by atoms with E-state index < -0.39 is 5.51 Å². The minimum absolute atomic E-state index is 0.0142. The maximum atomic E-state index is 11.8. The molecule has 15 heavy (non-hydrogen) atoms. The van der Waals surface area contributed by atoms with Crippen LogP contribution in [-0.2, 0) is 0 Å². The number of halogens is 3. The summed E-state index contributed by atoms with van der Waals surface area (Å²) in [6, 6.07) is 6.38. The van der Waals surface area contributed by atoms with Crippen LogP contribution in [0.25, 0.3) is 0 Å². The van der Waals surface area contributed by atoms with Gasteiger partial charge in [-0.05, 0) is 24.3 Å². The van der Waals surface area contributed by atoms with Crippen molar-refractivity contribution in [2.45, 2.75) is 10.4 Å². The van der Waals surface area contributed by atoms with Crippen LogP contribution in [0.5, 0.6) is 5.75 Å². The summed E-state index contributed by atoms with van der Waals surface area (Å²) < 4.78 is 35.3. The van der Waals surface area contributed by atoms with Gasteiger partial charge in [-0.3, -0.25) is 0 Å². The van der Waals surface area contributed by atoms with Gasteiger partial charge in [0.15, 0.2) is 0 Å². The quantitative estimate of drug-likeness (QED) is 0.653. The molecule has 1 N–H and O–H groups in total. The summed E-state index contributed by atoms with van der Waals surface area (Å²) in [6.07, 6.45) is 0. The molecule has 0 aliphatic carbocycles. The van der Waals surface area contributed by atoms with Crippen molar-refractivity contribution < 1.29 is 18.3 Å². The fraction of sp³-hybridized carbons (Fsp3) is 0.333. The van der Waals surface area contributed by atoms with Gasteiger partial charge in [-0.25, -0.2) is 0 Å². The summed E-state index contributed by atoms with van der Waals surface area (Å²) in [7, 11) is 0. The summed E-state index contributed by atoms with van der Waals surface area (Å²) in [5, 5.41) is 8.97. The molecule has 0 saturated carbocycles. The van der Waals surface area contributed by atoms with E-state index in [1.807, 2.05) is 0 Å². The molecule has 0 amide bonds. The third-order valence-corrected chi connectivity index (χ3v) is 3.46. The van der Waals surface area contributed by atoms with Crippen LogP contribution in [0.15, 0.2) is 29.2 Å². The Labute approximate surface area is 94.1 Å². The first kappa shape index (κ1) is 12.6. The zero-order valence-electron chi connectivity index (χ0n) is 7.62. The minimum atomic E-state index is -4.14. The SMILES string of the molecule is Oc1ccc(SCCSC(F)(F)F)cc1. The van der Waals surface area contributed by atoms with Crippen molar-refractivity contribution in [2.24, 2.45) is 0 Å². The predicted octanol–water partition coefficient (Wildman–Crippen LogP) is 3.74. The second-order valence-corrected chi connectivity index (χ2v) is 4.96. The van der Waals surface area contributed by atoms with Crippen molar-refractivity contribution in [3.63, 3.8) is 0 Å². The molecule has 1 nitrogen and oxygen atoms in total. The predicted molar refractivity (Wildman–Crippen MR) is 57.3 cm³/mol. The fourth-order valence-corrected chi connectivity index (χ4v) is 2.32. The molecular weight excluding hydrogens is 245 g/mol. The lowest BCUT2D eigenvalue weighted by Crippen LogP contribution is -2.02. The lowest BCUT2D eigenvalue weighted by atomic mass is 10.3. The van der Waals surface area contributed by atoms with E-state index in [0.29, 0.717) is 5.75 Å². The largest absolute Gasteiger partial charge is 0.508 e. The average molecular weight is 254 g/mol. The lowest BCUT2D eigenvalue weighted by Gasteiger charge is -2.05. The molecule has 0 fully saturated rings. The number of rotatable bonds is 4. The number of aromatic hydroxyl groups is 1. The highest BCUT2D eigenvalue weighted by atomic mass is 32.2. The topological polar surface area (TPSA) is 20.2 Å². The van der Waals surface area contributed by atoms with Gasteiger partial charge in [0.1, 0.15) is 5.75 Å². The van der Waals surface area contributed by atoms with Crippen LogP contribution >= 0.6 is 23.5 Å². The second kappa shape index (κ2) is 5.55. The van der Waals surface area contributed by atoms with E-state index in [0.717, 1.165) is 4.90 Å². The van der Waals surface area contributed by atoms with Gasteiger partial charge in [-0.1, -0.05) is 11.8 Å². The minimum Gasteiger partial charge on any atom is -0.508 e. The van der Waals surface area contributed by atoms with E-state index >= 15 is 0 Å². The van der Waals surface area contributed by atoms with Crippen LogP contribution < -0.4 is 0 Å². The molecule has 0 saturated heterocycles. The molecule has 1 rings (SSSR count). The molecule has 0 radical (unpaired) electrons. The number of alkyl halides is 3. The Hall–Kier alpha value is -0.490. The molecule has 0 atom stereocenters. The lowest BCUT2D eigenvalue weighted by molar-refractivity contribution is -0.0326. The number of benzene rings is 1. The zero-order valence-corrected chi connectivity index (χ0v) is 9.25. The maximum absolute atomic E-state index is 11.8. The van der Waals surface area contributed by atoms with Crippen LogP contribution in [0.4, 0.5) is 13.2 Å². The van der Waals surface area contributed by atoms with Crippen molar-refractivity contribution in [2.75, 3.05) is 11.5 Å². The Kier molecular flexibility index (Phi) is 4.66. The van der Waals surface area contributed by atoms with E-state index in [1.165, 1.54) is 23.9 Å². The first-order valence-corrected chi connectivity index (χ1v) is 6.07. The maximum Gasteiger partial charge on any atom is 0.441 e. The first-order valence-electron chi connectivity index (χ1n) is 4.10. The molecule has 1 aromatic carbocycles. The Balaban J connectivity index is 2.23. The van der Waals surface area contributed by atoms with Crippen molar-refractivity contribution in [3.05, 3.63) is 24.3 Å². The van der Waals surface area contributed by atoms with Gasteiger partial charge in [0, 0.05) is 16.4 Å². The molecule has 0 spiro atoms. The molecule has 84 valence electrons. The Morgan fingerprint density at radius 1 is 1.07 bits per heavy atom. The number of phenolic OH excluding ortho intramolecular Hbond substituents is 1. The Bertz CT molecular complexity index is 297. The molecule has 1 aromatic rings. The van der Waals surface area contributed by atoms with Gasteiger partial charge in [0.25, 0.3) is 0 Å². The van der Waals surface area contributed by atoms with Crippen molar-refractivity contribution in [1.82, 2.24) is 0 Å². The molecule has 0 aliphatic rings. The summed E-state index contributed by atoms with van der Waals surface area (Å²) in [5.41, 5.74) is -4.14. The van der Waals surface area contributed by atoms with Gasteiger partial charge < -0.3 is 5.11 Å². The second-order valence-electron chi connectivity index (χ2n) is 2.64. The van der Waals surface area contributed by atoms with Gasteiger partial charge in [-0.2, -0.15) is 13.2 Å². The third-order valence-electron chi connectivity index (χ3n) is 1.45. The smallest absolute Gasteiger partial charge is 0.441 e. The van der Waals surface area contributed by atoms with E-state index in [2.05, 4.69) is 0 Å². The Morgan fingerprint density at radius 2 is 1.67 bits per heavy atom. The standard InChI is InChI=1S/C9H9F3OS2/c10-9(11,12)15-6-5-14-8-3-1-7(13)2-4-8/h1-4,13H,5-6H2. The van der Waals surface area contributed by atoms with Crippen molar-refractivity contribution >= 4 is 23.5 Å². The molecule has 0 aromatic heterocycles. The Morgan fingerprint density at radius 3 is 2.20 bits per heavy atom. The molecule has 0 heterocycles. The van der Waals surface area contributed by atoms with E-state index in [-0.39, 0.29) is 23.3 Å². The highest BCUT2D eigenvalue weighted by Gasteiger charge is 2.27. The van der Waals surface area contributed by atoms with Crippen LogP contribution in [0.2, 0.25) is 0 Å². The number of hydrogen-bond donors (Lipinski definition) is 1. The van der Waals surface area contributed by atoms with E-state index in [4.69, 9.17) is 5.11 Å². The molecular formula is C9H9F3OS2. The average Bonchev–Trinajstić information content (AvgIpc) is 2.14. The van der Waals surface area contributed by atoms with Crippen LogP contribution in [-0.4, -0.2) is 22.1 Å². The van der Waals surface area contributed by atoms with Crippen molar-refractivity contribution in [1.29, 1.82) is 0 Å². The van der Waals surface area contributed by atoms with Gasteiger partial charge in [-0.15, -0.1) is 11.8 Å². The summed E-state index contributed by atoms with van der Waals surface area (Å²) in [5.74, 6) is 0.591. The van der Waals surface area contributed by atoms with Crippen LogP contribution in [0, 0.1) is 0 Å². The number of thioether (sulfide) groups is 2. The molecule has 6 heteroatoms. The molecule has 0 bridgehead atoms. The number of phenols is 1. The highest BCUT2D eigenvalue weighted by molar-refractivity contribution is 8.03. The monoisotopic (exact) mass is 254 g/mol. The van der Waals surface area contributed by atoms with Crippen molar-refractivity contribution in [3.8, 4) is 5.75 Å². The third kappa shape index (κ3) is 5.84. The summed E-state index contributed by atoms with van der Waals surface area (Å²) in [6.45, 7) is 0. The first-order chi connectivity index (χ1) is 6.97. The summed E-state index contributed by atoms with van der Waals surface area (Å²) >= 11 is 1.32. The van der Waals surface area contributed by atoms with Crippen LogP contribution in [0.3, 0.4) is 0 Å². The highest BCUT2D eigenvalue weighted by Crippen LogP contribution is 2.31. The molecule has 0 unspecified atom stereocenters. The molecule has 0 aliphatic heterocycles. The summed E-state index contributed by atoms with van der Waals surface area (Å²) in [4.78, 5) is 0.857. The number of hydrogen-bond acceptors (Lipinski definition) is 3. The van der Waals surface area contributed by atoms with Gasteiger partial charge in [0.2, 0.25) is 0 Å². The van der Waals surface area contributed by atoms with Gasteiger partial charge >= 0.3 is 5.51 Å². The van der Waals surface area contributed by atoms with Crippen LogP contribution in [0.1, 0.15) is 0 Å². The fourth-order valence-electron chi connectivity index (χ4n) is 0.859.